The molecule has 0 aliphatic rings. The number of carboxylic acid groups (broad SMARTS) is 1. The Morgan fingerprint density at radius 2 is 1.93 bits per heavy atom. The predicted octanol–water partition coefficient (Wildman–Crippen LogP) is 2.49. The van der Waals surface area contributed by atoms with Crippen molar-refractivity contribution in [2.24, 2.45) is 0 Å². The maximum absolute atomic E-state index is 12.7. The molecular weight excluding hydrogens is 348 g/mol. The summed E-state index contributed by atoms with van der Waals surface area (Å²) in [7, 11) is 0. The van der Waals surface area contributed by atoms with Crippen LogP contribution in [0.3, 0.4) is 0 Å². The summed E-state index contributed by atoms with van der Waals surface area (Å²) in [6, 6.07) is 14.7. The van der Waals surface area contributed by atoms with Crippen LogP contribution in [0.4, 0.5) is 5.69 Å². The highest BCUT2D eigenvalue weighted by Gasteiger charge is 2.18. The van der Waals surface area contributed by atoms with Gasteiger partial charge in [0.05, 0.1) is 5.52 Å². The minimum atomic E-state index is -1.16. The number of carboxylic acids is 1. The summed E-state index contributed by atoms with van der Waals surface area (Å²) >= 11 is 0. The van der Waals surface area contributed by atoms with Gasteiger partial charge in [0, 0.05) is 5.39 Å². The molecule has 0 saturated heterocycles. The second kappa shape index (κ2) is 7.65. The third-order valence-corrected chi connectivity index (χ3v) is 3.95. The van der Waals surface area contributed by atoms with Crippen molar-refractivity contribution < 1.29 is 19.8 Å². The van der Waals surface area contributed by atoms with Crippen LogP contribution in [0.15, 0.2) is 66.0 Å². The number of aromatic nitrogens is 1. The zero-order valence-electron chi connectivity index (χ0n) is 14.4. The molecule has 7 nitrogen and oxygen atoms in total. The van der Waals surface area contributed by atoms with E-state index in [1.807, 2.05) is 36.4 Å². The molecule has 3 aromatic rings. The van der Waals surface area contributed by atoms with Crippen molar-refractivity contribution >= 4 is 22.6 Å². The molecule has 0 fully saturated rings. The van der Waals surface area contributed by atoms with Crippen LogP contribution in [0.5, 0.6) is 5.75 Å². The number of aromatic hydroxyl groups is 1. The van der Waals surface area contributed by atoms with E-state index in [9.17, 15) is 14.7 Å². The maximum Gasteiger partial charge on any atom is 0.322 e. The molecule has 0 bridgehead atoms. The van der Waals surface area contributed by atoms with E-state index in [2.05, 4.69) is 11.9 Å². The van der Waals surface area contributed by atoms with Crippen molar-refractivity contribution in [3.63, 3.8) is 0 Å². The average Bonchev–Trinajstić information content (AvgIpc) is 2.68. The third kappa shape index (κ3) is 3.62. The Balaban J connectivity index is 2.23. The molecular formula is C20H18N2O5. The van der Waals surface area contributed by atoms with E-state index in [1.165, 1.54) is 6.08 Å². The molecule has 0 unspecified atom stereocenters. The molecule has 0 amide bonds. The zero-order chi connectivity index (χ0) is 19.4. The highest BCUT2D eigenvalue weighted by atomic mass is 16.7. The standard InChI is InChI=1S/C20H18N2O5/c1-2-10-27-22-16-9-8-14(13-6-4-3-5-7-13)11-15(16)19(25)18(20(22)26)21-12-17(23)24/h2-9,11,21,25H,1,10,12H2,(H,23,24). The van der Waals surface area contributed by atoms with Gasteiger partial charge in [0.2, 0.25) is 0 Å². The molecule has 0 saturated carbocycles. The minimum Gasteiger partial charge on any atom is -0.505 e. The lowest BCUT2D eigenvalue weighted by Gasteiger charge is -2.16. The van der Waals surface area contributed by atoms with Gasteiger partial charge in [-0.05, 0) is 23.3 Å². The number of carbonyl (C=O) groups is 1. The van der Waals surface area contributed by atoms with Gasteiger partial charge in [0.1, 0.15) is 18.8 Å². The van der Waals surface area contributed by atoms with Crippen molar-refractivity contribution in [3.05, 3.63) is 71.5 Å². The van der Waals surface area contributed by atoms with Gasteiger partial charge in [-0.15, -0.1) is 4.73 Å². The lowest BCUT2D eigenvalue weighted by atomic mass is 10.0. The second-order valence-electron chi connectivity index (χ2n) is 5.75. The van der Waals surface area contributed by atoms with Crippen molar-refractivity contribution in [2.45, 2.75) is 0 Å². The molecule has 0 aliphatic carbocycles. The third-order valence-electron chi connectivity index (χ3n) is 3.95. The zero-order valence-corrected chi connectivity index (χ0v) is 14.4. The summed E-state index contributed by atoms with van der Waals surface area (Å²) < 4.78 is 1.02. The van der Waals surface area contributed by atoms with Crippen molar-refractivity contribution in [2.75, 3.05) is 18.5 Å². The Bertz CT molecular complexity index is 1060. The number of anilines is 1. The topological polar surface area (TPSA) is 101 Å². The van der Waals surface area contributed by atoms with Crippen LogP contribution in [0.25, 0.3) is 22.0 Å². The van der Waals surface area contributed by atoms with E-state index in [4.69, 9.17) is 9.94 Å². The van der Waals surface area contributed by atoms with Crippen LogP contribution >= 0.6 is 0 Å². The van der Waals surface area contributed by atoms with Gasteiger partial charge in [0.25, 0.3) is 0 Å². The molecule has 0 spiro atoms. The quantitative estimate of drug-likeness (QED) is 0.556. The molecule has 27 heavy (non-hydrogen) atoms. The van der Waals surface area contributed by atoms with E-state index < -0.39 is 18.1 Å². The van der Waals surface area contributed by atoms with Gasteiger partial charge in [-0.1, -0.05) is 49.1 Å². The molecule has 138 valence electrons. The summed E-state index contributed by atoms with van der Waals surface area (Å²) in [5, 5.41) is 22.3. The molecule has 7 heteroatoms. The van der Waals surface area contributed by atoms with Crippen LogP contribution in [-0.2, 0) is 4.79 Å². The Morgan fingerprint density at radius 1 is 1.19 bits per heavy atom. The molecule has 2 aromatic carbocycles. The Morgan fingerprint density at radius 3 is 2.59 bits per heavy atom. The van der Waals surface area contributed by atoms with E-state index in [0.29, 0.717) is 10.9 Å². The van der Waals surface area contributed by atoms with Crippen molar-refractivity contribution in [3.8, 4) is 16.9 Å². The number of hydrogen-bond donors (Lipinski definition) is 3. The minimum absolute atomic E-state index is 0.0680. The van der Waals surface area contributed by atoms with Gasteiger partial charge >= 0.3 is 11.5 Å². The van der Waals surface area contributed by atoms with E-state index in [1.54, 1.807) is 12.1 Å². The average molecular weight is 366 g/mol. The van der Waals surface area contributed by atoms with Gasteiger partial charge in [-0.25, -0.2) is 0 Å². The molecule has 1 heterocycles. The first-order chi connectivity index (χ1) is 13.0. The van der Waals surface area contributed by atoms with Gasteiger partial charge in [0.15, 0.2) is 5.75 Å². The van der Waals surface area contributed by atoms with Crippen LogP contribution < -0.4 is 15.7 Å². The number of hydrogen-bond acceptors (Lipinski definition) is 5. The van der Waals surface area contributed by atoms with Gasteiger partial charge < -0.3 is 20.4 Å². The summed E-state index contributed by atoms with van der Waals surface area (Å²) in [6.45, 7) is 3.10. The van der Waals surface area contributed by atoms with Crippen LogP contribution in [-0.4, -0.2) is 34.1 Å². The number of fused-ring (bicyclic) bond motifs is 1. The van der Waals surface area contributed by atoms with Crippen molar-refractivity contribution in [1.29, 1.82) is 0 Å². The molecule has 3 N–H and O–H groups in total. The Kier molecular flexibility index (Phi) is 5.12. The largest absolute Gasteiger partial charge is 0.505 e. The lowest BCUT2D eigenvalue weighted by Crippen LogP contribution is -2.30. The Hall–Kier alpha value is -3.74. The molecule has 3 rings (SSSR count). The maximum atomic E-state index is 12.7. The fraction of sp³-hybridized carbons (Fsp3) is 0.100. The van der Waals surface area contributed by atoms with Crippen LogP contribution in [0, 0.1) is 0 Å². The summed E-state index contributed by atoms with van der Waals surface area (Å²) in [4.78, 5) is 29.0. The lowest BCUT2D eigenvalue weighted by molar-refractivity contribution is -0.134. The molecule has 1 aromatic heterocycles. The SMILES string of the molecule is C=CCOn1c(=O)c(NCC(=O)O)c(O)c2cc(-c3ccccc3)ccc21. The monoisotopic (exact) mass is 366 g/mol. The second-order valence-corrected chi connectivity index (χ2v) is 5.75. The number of aliphatic carboxylic acids is 1. The number of pyridine rings is 1. The molecule has 0 atom stereocenters. The number of rotatable bonds is 7. The van der Waals surface area contributed by atoms with E-state index in [0.717, 1.165) is 15.9 Å². The number of benzene rings is 2. The predicted molar refractivity (Wildman–Crippen MR) is 103 cm³/mol. The fourth-order valence-corrected chi connectivity index (χ4v) is 2.74. The van der Waals surface area contributed by atoms with Crippen LogP contribution in [0.1, 0.15) is 0 Å². The number of nitrogens with zero attached hydrogens (tertiary/aromatic N) is 1. The molecule has 0 aliphatic heterocycles. The Labute approximate surface area is 154 Å². The summed E-state index contributed by atoms with van der Waals surface area (Å²) in [5.74, 6) is -1.49. The highest BCUT2D eigenvalue weighted by Crippen LogP contribution is 2.33. The first-order valence-electron chi connectivity index (χ1n) is 8.20. The summed E-state index contributed by atoms with van der Waals surface area (Å²) in [6.07, 6.45) is 1.48. The summed E-state index contributed by atoms with van der Waals surface area (Å²) in [5.41, 5.74) is 1.20. The van der Waals surface area contributed by atoms with Crippen molar-refractivity contribution in [1.82, 2.24) is 4.73 Å². The first-order valence-corrected chi connectivity index (χ1v) is 8.20. The molecule has 0 radical (unpaired) electrons. The van der Waals surface area contributed by atoms with Gasteiger partial charge in [-0.2, -0.15) is 0 Å². The van der Waals surface area contributed by atoms with Crippen LogP contribution in [0.2, 0.25) is 0 Å². The number of nitrogens with one attached hydrogen (secondary N) is 1. The highest BCUT2D eigenvalue weighted by molar-refractivity contribution is 5.93. The normalized spacial score (nSPS) is 10.5. The fourth-order valence-electron chi connectivity index (χ4n) is 2.74. The van der Waals surface area contributed by atoms with Gasteiger partial charge in [-0.3, -0.25) is 9.59 Å². The first kappa shape index (κ1) is 18.1. The smallest absolute Gasteiger partial charge is 0.322 e. The van der Waals surface area contributed by atoms with E-state index in [-0.39, 0.29) is 18.0 Å². The van der Waals surface area contributed by atoms with E-state index >= 15 is 0 Å².